The maximum absolute atomic E-state index is 12.8. The molecule has 0 saturated carbocycles. The van der Waals surface area contributed by atoms with Crippen molar-refractivity contribution in [2.24, 2.45) is 5.92 Å². The lowest BCUT2D eigenvalue weighted by Gasteiger charge is -2.31. The highest BCUT2D eigenvalue weighted by atomic mass is 19.1. The summed E-state index contributed by atoms with van der Waals surface area (Å²) in [5.74, 6) is -1.72. The molecule has 1 aromatic carbocycles. The molecule has 130 valence electrons. The zero-order valence-electron chi connectivity index (χ0n) is 13.6. The monoisotopic (exact) mass is 336 g/mol. The Hall–Kier alpha value is -2.44. The number of carbonyl (C=O) groups is 3. The maximum Gasteiger partial charge on any atom is 0.310 e. The van der Waals surface area contributed by atoms with Crippen LogP contribution in [0.3, 0.4) is 0 Å². The average molecular weight is 336 g/mol. The molecule has 6 nitrogen and oxygen atoms in total. The van der Waals surface area contributed by atoms with Crippen molar-refractivity contribution in [2.75, 3.05) is 26.2 Å². The summed E-state index contributed by atoms with van der Waals surface area (Å²) >= 11 is 0. The van der Waals surface area contributed by atoms with Gasteiger partial charge in [-0.15, -0.1) is 0 Å². The molecule has 1 aromatic rings. The first-order valence-electron chi connectivity index (χ1n) is 7.99. The molecule has 7 heteroatoms. The lowest BCUT2D eigenvalue weighted by molar-refractivity contribution is -0.151. The van der Waals surface area contributed by atoms with E-state index in [-0.39, 0.29) is 29.9 Å². The number of rotatable bonds is 5. The van der Waals surface area contributed by atoms with Gasteiger partial charge >= 0.3 is 5.97 Å². The van der Waals surface area contributed by atoms with Gasteiger partial charge in [-0.2, -0.15) is 0 Å². The Morgan fingerprint density at radius 1 is 1.29 bits per heavy atom. The molecule has 1 saturated heterocycles. The molecule has 1 atom stereocenters. The van der Waals surface area contributed by atoms with Gasteiger partial charge in [-0.3, -0.25) is 14.4 Å². The number of amides is 2. The van der Waals surface area contributed by atoms with Gasteiger partial charge in [0.05, 0.1) is 19.1 Å². The molecule has 1 aliphatic rings. The number of benzene rings is 1. The molecule has 1 heterocycles. The third-order valence-corrected chi connectivity index (χ3v) is 3.90. The molecule has 0 bridgehead atoms. The Labute approximate surface area is 140 Å². The number of hydrogen-bond acceptors (Lipinski definition) is 4. The first-order valence-corrected chi connectivity index (χ1v) is 7.99. The van der Waals surface area contributed by atoms with E-state index in [1.807, 2.05) is 0 Å². The third kappa shape index (κ3) is 4.78. The van der Waals surface area contributed by atoms with Crippen molar-refractivity contribution in [3.8, 4) is 0 Å². The van der Waals surface area contributed by atoms with Crippen LogP contribution >= 0.6 is 0 Å². The molecule has 1 aliphatic heterocycles. The van der Waals surface area contributed by atoms with Crippen LogP contribution in [0, 0.1) is 11.7 Å². The Balaban J connectivity index is 1.84. The number of nitrogens with one attached hydrogen (secondary N) is 1. The summed E-state index contributed by atoms with van der Waals surface area (Å²) in [6.07, 6.45) is 1.42. The average Bonchev–Trinajstić information content (AvgIpc) is 2.60. The molecule has 24 heavy (non-hydrogen) atoms. The van der Waals surface area contributed by atoms with E-state index in [0.29, 0.717) is 26.1 Å². The first-order chi connectivity index (χ1) is 11.5. The zero-order valence-corrected chi connectivity index (χ0v) is 13.6. The lowest BCUT2D eigenvalue weighted by Crippen LogP contribution is -2.46. The van der Waals surface area contributed by atoms with Gasteiger partial charge in [0.2, 0.25) is 5.91 Å². The van der Waals surface area contributed by atoms with E-state index in [1.165, 1.54) is 24.3 Å². The van der Waals surface area contributed by atoms with Gasteiger partial charge in [0.25, 0.3) is 5.91 Å². The Kier molecular flexibility index (Phi) is 6.28. The predicted octanol–water partition coefficient (Wildman–Crippen LogP) is 1.36. The fraction of sp³-hybridized carbons (Fsp3) is 0.471. The largest absolute Gasteiger partial charge is 0.466 e. The molecule has 1 N–H and O–H groups in total. The number of ether oxygens (including phenoxy) is 1. The van der Waals surface area contributed by atoms with Crippen molar-refractivity contribution in [1.29, 1.82) is 0 Å². The Morgan fingerprint density at radius 3 is 2.67 bits per heavy atom. The van der Waals surface area contributed by atoms with Crippen molar-refractivity contribution >= 4 is 17.8 Å². The highest BCUT2D eigenvalue weighted by Gasteiger charge is 2.29. The van der Waals surface area contributed by atoms with Gasteiger partial charge < -0.3 is 15.0 Å². The minimum Gasteiger partial charge on any atom is -0.466 e. The standard InChI is InChI=1S/C17H21FN2O4/c1-2-24-17(23)13-4-3-9-20(11-13)15(21)10-19-16(22)12-5-7-14(18)8-6-12/h5-8,13H,2-4,9-11H2,1H3,(H,19,22). The van der Waals surface area contributed by atoms with E-state index in [4.69, 9.17) is 4.74 Å². The van der Waals surface area contributed by atoms with Crippen molar-refractivity contribution in [2.45, 2.75) is 19.8 Å². The molecule has 1 unspecified atom stereocenters. The molecule has 2 amide bonds. The summed E-state index contributed by atoms with van der Waals surface area (Å²) in [5.41, 5.74) is 0.284. The van der Waals surface area contributed by atoms with Crippen molar-refractivity contribution < 1.29 is 23.5 Å². The smallest absolute Gasteiger partial charge is 0.310 e. The number of carbonyl (C=O) groups excluding carboxylic acids is 3. The molecule has 0 aromatic heterocycles. The number of piperidine rings is 1. The van der Waals surface area contributed by atoms with Crippen LogP contribution < -0.4 is 5.32 Å². The highest BCUT2D eigenvalue weighted by Crippen LogP contribution is 2.18. The predicted molar refractivity (Wildman–Crippen MR) is 84.7 cm³/mol. The SMILES string of the molecule is CCOC(=O)C1CCCN(C(=O)CNC(=O)c2ccc(F)cc2)C1. The van der Waals surface area contributed by atoms with E-state index >= 15 is 0 Å². The summed E-state index contributed by atoms with van der Waals surface area (Å²) < 4.78 is 17.8. The maximum atomic E-state index is 12.8. The second-order valence-corrected chi connectivity index (χ2v) is 5.62. The van der Waals surface area contributed by atoms with Gasteiger partial charge in [0.15, 0.2) is 0 Å². The van der Waals surface area contributed by atoms with E-state index in [2.05, 4.69) is 5.32 Å². The molecule has 0 aliphatic carbocycles. The summed E-state index contributed by atoms with van der Waals surface area (Å²) in [5, 5.41) is 2.52. The Morgan fingerprint density at radius 2 is 2.00 bits per heavy atom. The fourth-order valence-corrected chi connectivity index (χ4v) is 2.63. The van der Waals surface area contributed by atoms with Gasteiger partial charge in [-0.25, -0.2) is 4.39 Å². The Bertz CT molecular complexity index is 603. The van der Waals surface area contributed by atoms with E-state index in [9.17, 15) is 18.8 Å². The number of likely N-dealkylation sites (tertiary alicyclic amines) is 1. The van der Waals surface area contributed by atoms with Gasteiger partial charge in [0.1, 0.15) is 5.82 Å². The number of halogens is 1. The molecule has 0 spiro atoms. The lowest BCUT2D eigenvalue weighted by atomic mass is 9.98. The molecule has 1 fully saturated rings. The number of esters is 1. The number of hydrogen-bond donors (Lipinski definition) is 1. The summed E-state index contributed by atoms with van der Waals surface area (Å²) in [6.45, 7) is 2.77. The molecular weight excluding hydrogens is 315 g/mol. The summed E-state index contributed by atoms with van der Waals surface area (Å²) in [6, 6.07) is 5.08. The summed E-state index contributed by atoms with van der Waals surface area (Å²) in [7, 11) is 0. The van der Waals surface area contributed by atoms with Crippen LogP contribution in [0.4, 0.5) is 4.39 Å². The van der Waals surface area contributed by atoms with Crippen LogP contribution in [0.15, 0.2) is 24.3 Å². The minimum atomic E-state index is -0.442. The van der Waals surface area contributed by atoms with E-state index < -0.39 is 11.7 Å². The normalized spacial score (nSPS) is 17.2. The van der Waals surface area contributed by atoms with Crippen molar-refractivity contribution in [1.82, 2.24) is 10.2 Å². The minimum absolute atomic E-state index is 0.161. The summed E-state index contributed by atoms with van der Waals surface area (Å²) in [4.78, 5) is 37.5. The van der Waals surface area contributed by atoms with Gasteiger partial charge in [-0.05, 0) is 44.0 Å². The van der Waals surface area contributed by atoms with Crippen LogP contribution in [0.25, 0.3) is 0 Å². The van der Waals surface area contributed by atoms with Crippen LogP contribution in [-0.2, 0) is 14.3 Å². The zero-order chi connectivity index (χ0) is 17.5. The second-order valence-electron chi connectivity index (χ2n) is 5.62. The number of nitrogens with zero attached hydrogens (tertiary/aromatic N) is 1. The van der Waals surface area contributed by atoms with E-state index in [0.717, 1.165) is 6.42 Å². The van der Waals surface area contributed by atoms with Crippen LogP contribution in [0.5, 0.6) is 0 Å². The van der Waals surface area contributed by atoms with E-state index in [1.54, 1.807) is 11.8 Å². The topological polar surface area (TPSA) is 75.7 Å². The van der Waals surface area contributed by atoms with Crippen LogP contribution in [0.1, 0.15) is 30.1 Å². The van der Waals surface area contributed by atoms with Gasteiger partial charge in [0, 0.05) is 18.7 Å². The fourth-order valence-electron chi connectivity index (χ4n) is 2.63. The van der Waals surface area contributed by atoms with Crippen molar-refractivity contribution in [3.05, 3.63) is 35.6 Å². The quantitative estimate of drug-likeness (QED) is 0.824. The third-order valence-electron chi connectivity index (χ3n) is 3.90. The molecule has 2 rings (SSSR count). The van der Waals surface area contributed by atoms with Gasteiger partial charge in [-0.1, -0.05) is 0 Å². The van der Waals surface area contributed by atoms with Crippen LogP contribution in [0.2, 0.25) is 0 Å². The second kappa shape index (κ2) is 8.42. The van der Waals surface area contributed by atoms with Crippen molar-refractivity contribution in [3.63, 3.8) is 0 Å². The van der Waals surface area contributed by atoms with Crippen LogP contribution in [-0.4, -0.2) is 48.9 Å². The highest BCUT2D eigenvalue weighted by molar-refractivity contribution is 5.96. The molecular formula is C17H21FN2O4. The molecule has 0 radical (unpaired) electrons. The first kappa shape index (κ1) is 17.9.